The number of benzene rings is 2. The number of ether oxygens (including phenoxy) is 2. The van der Waals surface area contributed by atoms with Gasteiger partial charge in [-0.25, -0.2) is 0 Å². The number of hydrogen-bond acceptors (Lipinski definition) is 5. The van der Waals surface area contributed by atoms with Gasteiger partial charge in [-0.1, -0.05) is 12.1 Å². The topological polar surface area (TPSA) is 70.7 Å². The van der Waals surface area contributed by atoms with Gasteiger partial charge in [0.15, 0.2) is 11.5 Å². The fourth-order valence-electron chi connectivity index (χ4n) is 3.66. The Morgan fingerprint density at radius 2 is 1.89 bits per heavy atom. The van der Waals surface area contributed by atoms with Crippen molar-refractivity contribution in [3.8, 4) is 11.5 Å². The van der Waals surface area contributed by atoms with Gasteiger partial charge in [-0.3, -0.25) is 14.8 Å². The van der Waals surface area contributed by atoms with Gasteiger partial charge in [0, 0.05) is 43.7 Å². The average molecular weight is 364 g/mol. The number of aromatic nitrogens is 2. The van der Waals surface area contributed by atoms with E-state index < -0.39 is 0 Å². The summed E-state index contributed by atoms with van der Waals surface area (Å²) in [4.78, 5) is 17.1. The van der Waals surface area contributed by atoms with E-state index in [9.17, 15) is 4.79 Å². The SMILES string of the molecule is O=C(c1ccc2cn[nH]c2c1)N1CCN(Cc2ccc3c(c2)OCO3)CC1. The van der Waals surface area contributed by atoms with Gasteiger partial charge < -0.3 is 14.4 Å². The van der Waals surface area contributed by atoms with Crippen molar-refractivity contribution >= 4 is 16.8 Å². The Balaban J connectivity index is 1.21. The second-order valence-corrected chi connectivity index (χ2v) is 6.93. The summed E-state index contributed by atoms with van der Waals surface area (Å²) in [6.45, 7) is 4.30. The van der Waals surface area contributed by atoms with Gasteiger partial charge in [-0.15, -0.1) is 0 Å². The maximum absolute atomic E-state index is 12.8. The van der Waals surface area contributed by atoms with Crippen LogP contribution in [-0.2, 0) is 6.54 Å². The number of hydrogen-bond donors (Lipinski definition) is 1. The number of piperazine rings is 1. The first-order valence-corrected chi connectivity index (χ1v) is 9.09. The molecule has 3 aromatic rings. The van der Waals surface area contributed by atoms with Crippen molar-refractivity contribution in [2.24, 2.45) is 0 Å². The minimum Gasteiger partial charge on any atom is -0.454 e. The van der Waals surface area contributed by atoms with E-state index in [-0.39, 0.29) is 5.91 Å². The van der Waals surface area contributed by atoms with E-state index in [0.717, 1.165) is 55.1 Å². The zero-order valence-electron chi connectivity index (χ0n) is 14.9. The molecule has 1 aromatic heterocycles. The van der Waals surface area contributed by atoms with Crippen LogP contribution in [0, 0.1) is 0 Å². The highest BCUT2D eigenvalue weighted by Crippen LogP contribution is 2.32. The summed E-state index contributed by atoms with van der Waals surface area (Å²) in [5.41, 5.74) is 2.79. The molecule has 0 spiro atoms. The maximum Gasteiger partial charge on any atom is 0.254 e. The Hall–Kier alpha value is -3.06. The first-order chi connectivity index (χ1) is 13.3. The molecule has 2 aromatic carbocycles. The number of amides is 1. The Kier molecular flexibility index (Phi) is 3.94. The second kappa shape index (κ2) is 6.59. The van der Waals surface area contributed by atoms with Gasteiger partial charge in [-0.05, 0) is 29.8 Å². The van der Waals surface area contributed by atoms with Crippen LogP contribution in [0.3, 0.4) is 0 Å². The minimum absolute atomic E-state index is 0.0780. The quantitative estimate of drug-likeness (QED) is 0.772. The highest BCUT2D eigenvalue weighted by molar-refractivity contribution is 5.97. The van der Waals surface area contributed by atoms with Crippen molar-refractivity contribution in [1.82, 2.24) is 20.0 Å². The Labute approximate surface area is 156 Å². The Morgan fingerprint density at radius 3 is 2.78 bits per heavy atom. The normalized spacial score (nSPS) is 16.8. The second-order valence-electron chi connectivity index (χ2n) is 6.93. The number of H-pyrrole nitrogens is 1. The molecule has 1 amide bonds. The van der Waals surface area contributed by atoms with Crippen LogP contribution in [0.25, 0.3) is 10.9 Å². The molecule has 1 saturated heterocycles. The Morgan fingerprint density at radius 1 is 1.04 bits per heavy atom. The molecule has 5 rings (SSSR count). The fraction of sp³-hybridized carbons (Fsp3) is 0.300. The molecule has 0 saturated carbocycles. The van der Waals surface area contributed by atoms with Gasteiger partial charge >= 0.3 is 0 Å². The molecule has 2 aliphatic heterocycles. The van der Waals surface area contributed by atoms with Crippen molar-refractivity contribution in [3.63, 3.8) is 0 Å². The lowest BCUT2D eigenvalue weighted by Crippen LogP contribution is -2.48. The number of nitrogens with one attached hydrogen (secondary N) is 1. The highest BCUT2D eigenvalue weighted by atomic mass is 16.7. The summed E-state index contributed by atoms with van der Waals surface area (Å²) in [7, 11) is 0. The fourth-order valence-corrected chi connectivity index (χ4v) is 3.66. The lowest BCUT2D eigenvalue weighted by atomic mass is 10.1. The van der Waals surface area contributed by atoms with Crippen LogP contribution >= 0.6 is 0 Å². The standard InChI is InChI=1S/C20H20N4O3/c25-20(15-2-3-16-11-21-22-17(16)10-15)24-7-5-23(6-8-24)12-14-1-4-18-19(9-14)27-13-26-18/h1-4,9-11H,5-8,12-13H2,(H,21,22). The van der Waals surface area contributed by atoms with E-state index in [1.54, 1.807) is 6.20 Å². The van der Waals surface area contributed by atoms with E-state index in [2.05, 4.69) is 21.2 Å². The third-order valence-electron chi connectivity index (χ3n) is 5.19. The van der Waals surface area contributed by atoms with Crippen molar-refractivity contribution in [1.29, 1.82) is 0 Å². The number of aromatic amines is 1. The van der Waals surface area contributed by atoms with Crippen LogP contribution in [-0.4, -0.2) is 58.9 Å². The van der Waals surface area contributed by atoms with E-state index in [1.807, 2.05) is 35.2 Å². The van der Waals surface area contributed by atoms with E-state index in [1.165, 1.54) is 5.56 Å². The molecular weight excluding hydrogens is 344 g/mol. The molecule has 27 heavy (non-hydrogen) atoms. The molecule has 0 radical (unpaired) electrons. The van der Waals surface area contributed by atoms with Crippen molar-refractivity contribution < 1.29 is 14.3 Å². The highest BCUT2D eigenvalue weighted by Gasteiger charge is 2.23. The average Bonchev–Trinajstić information content (AvgIpc) is 3.36. The van der Waals surface area contributed by atoms with Crippen LogP contribution < -0.4 is 9.47 Å². The van der Waals surface area contributed by atoms with Crippen LogP contribution in [0.15, 0.2) is 42.6 Å². The van der Waals surface area contributed by atoms with Crippen molar-refractivity contribution in [2.75, 3.05) is 33.0 Å². The van der Waals surface area contributed by atoms with E-state index >= 15 is 0 Å². The maximum atomic E-state index is 12.8. The monoisotopic (exact) mass is 364 g/mol. The molecule has 0 aliphatic carbocycles. The Bertz CT molecular complexity index is 992. The van der Waals surface area contributed by atoms with Crippen molar-refractivity contribution in [3.05, 3.63) is 53.7 Å². The summed E-state index contributed by atoms with van der Waals surface area (Å²) >= 11 is 0. The number of carbonyl (C=O) groups excluding carboxylic acids is 1. The molecule has 0 atom stereocenters. The molecule has 7 heteroatoms. The third-order valence-corrected chi connectivity index (χ3v) is 5.19. The van der Waals surface area contributed by atoms with Crippen LogP contribution in [0.1, 0.15) is 15.9 Å². The summed E-state index contributed by atoms with van der Waals surface area (Å²) in [6, 6.07) is 11.8. The molecule has 3 heterocycles. The first-order valence-electron chi connectivity index (χ1n) is 9.09. The van der Waals surface area contributed by atoms with Crippen LogP contribution in [0.2, 0.25) is 0 Å². The summed E-state index contributed by atoms with van der Waals surface area (Å²) in [6.07, 6.45) is 1.76. The number of rotatable bonds is 3. The predicted octanol–water partition coefficient (Wildman–Crippen LogP) is 2.25. The number of carbonyl (C=O) groups is 1. The van der Waals surface area contributed by atoms with Gasteiger partial charge in [0.05, 0.1) is 11.7 Å². The van der Waals surface area contributed by atoms with Crippen LogP contribution in [0.4, 0.5) is 0 Å². The van der Waals surface area contributed by atoms with Gasteiger partial charge in [0.2, 0.25) is 6.79 Å². The molecule has 0 bridgehead atoms. The minimum atomic E-state index is 0.0780. The third kappa shape index (κ3) is 3.10. The zero-order chi connectivity index (χ0) is 18.2. The van der Waals surface area contributed by atoms with Crippen LogP contribution in [0.5, 0.6) is 11.5 Å². The molecule has 1 N–H and O–H groups in total. The first kappa shape index (κ1) is 16.1. The zero-order valence-corrected chi connectivity index (χ0v) is 14.9. The predicted molar refractivity (Wildman–Crippen MR) is 99.8 cm³/mol. The summed E-state index contributed by atoms with van der Waals surface area (Å²) in [5.74, 6) is 1.70. The molecule has 1 fully saturated rings. The van der Waals surface area contributed by atoms with Gasteiger partial charge in [-0.2, -0.15) is 5.10 Å². The number of fused-ring (bicyclic) bond motifs is 2. The van der Waals surface area contributed by atoms with E-state index in [4.69, 9.17) is 9.47 Å². The molecule has 0 unspecified atom stereocenters. The van der Waals surface area contributed by atoms with Gasteiger partial charge in [0.1, 0.15) is 0 Å². The summed E-state index contributed by atoms with van der Waals surface area (Å²) in [5, 5.41) is 7.95. The molecular formula is C20H20N4O3. The molecule has 7 nitrogen and oxygen atoms in total. The smallest absolute Gasteiger partial charge is 0.254 e. The van der Waals surface area contributed by atoms with Gasteiger partial charge in [0.25, 0.3) is 5.91 Å². The van der Waals surface area contributed by atoms with Crippen molar-refractivity contribution in [2.45, 2.75) is 6.54 Å². The van der Waals surface area contributed by atoms with E-state index in [0.29, 0.717) is 12.4 Å². The summed E-state index contributed by atoms with van der Waals surface area (Å²) < 4.78 is 10.8. The molecule has 2 aliphatic rings. The molecule has 138 valence electrons. The number of nitrogens with zero attached hydrogens (tertiary/aromatic N) is 3. The lowest BCUT2D eigenvalue weighted by Gasteiger charge is -2.34. The lowest BCUT2D eigenvalue weighted by molar-refractivity contribution is 0.0628. The largest absolute Gasteiger partial charge is 0.454 e.